The molecule has 0 radical (unpaired) electrons. The van der Waals surface area contributed by atoms with E-state index in [0.29, 0.717) is 12.2 Å². The molecule has 0 amide bonds. The maximum Gasteiger partial charge on any atom is 0.373 e. The Bertz CT molecular complexity index is 419. The normalized spacial score (nSPS) is 11.4. The largest absolute Gasteiger partial charge is 0.373 e. The van der Waals surface area contributed by atoms with Gasteiger partial charge < -0.3 is 0 Å². The van der Waals surface area contributed by atoms with E-state index in [-0.39, 0.29) is 5.41 Å². The van der Waals surface area contributed by atoms with Crippen molar-refractivity contribution in [3.63, 3.8) is 0 Å². The maximum atomic E-state index is 11.9. The molecule has 0 unspecified atom stereocenters. The summed E-state index contributed by atoms with van der Waals surface area (Å²) in [4.78, 5) is 21.8. The monoisotopic (exact) mass is 250 g/mol. The Morgan fingerprint density at radius 3 is 2.06 bits per heavy atom. The molecule has 0 fully saturated rings. The zero-order valence-corrected chi connectivity index (χ0v) is 12.1. The average molecular weight is 250 g/mol. The number of benzene rings is 1. The first-order valence-electron chi connectivity index (χ1n) is 6.12. The molecule has 0 N–H and O–H groups in total. The Kier molecular flexibility index (Phi) is 4.52. The Balaban J connectivity index is 2.74. The molecule has 0 saturated heterocycles. The molecule has 1 rings (SSSR count). The van der Waals surface area contributed by atoms with Crippen LogP contribution in [0.3, 0.4) is 0 Å². The highest BCUT2D eigenvalue weighted by Gasteiger charge is 2.17. The van der Waals surface area contributed by atoms with Crippen molar-refractivity contribution in [1.82, 2.24) is 0 Å². The summed E-state index contributed by atoms with van der Waals surface area (Å²) in [6, 6.07) is 3.93. The van der Waals surface area contributed by atoms with Gasteiger partial charge in [0.25, 0.3) is 0 Å². The minimum atomic E-state index is -0.422. The molecule has 18 heavy (non-hydrogen) atoms. The summed E-state index contributed by atoms with van der Waals surface area (Å²) < 4.78 is 0. The van der Waals surface area contributed by atoms with Crippen LogP contribution in [0.2, 0.25) is 0 Å². The van der Waals surface area contributed by atoms with Gasteiger partial charge in [0, 0.05) is 0 Å². The van der Waals surface area contributed by atoms with Gasteiger partial charge in [0.1, 0.15) is 0 Å². The van der Waals surface area contributed by atoms with Crippen molar-refractivity contribution in [2.24, 2.45) is 5.41 Å². The van der Waals surface area contributed by atoms with E-state index in [1.807, 2.05) is 53.7 Å². The van der Waals surface area contributed by atoms with E-state index in [0.717, 1.165) is 16.7 Å². The fourth-order valence-corrected chi connectivity index (χ4v) is 1.80. The van der Waals surface area contributed by atoms with Crippen LogP contribution in [0.15, 0.2) is 12.1 Å². The molecule has 3 nitrogen and oxygen atoms in total. The van der Waals surface area contributed by atoms with Crippen molar-refractivity contribution in [2.75, 3.05) is 6.61 Å². The lowest BCUT2D eigenvalue weighted by molar-refractivity contribution is -0.255. The van der Waals surface area contributed by atoms with E-state index in [4.69, 9.17) is 9.78 Å². The molecule has 1 aromatic rings. The number of aryl methyl sites for hydroxylation is 3. The maximum absolute atomic E-state index is 11.9. The van der Waals surface area contributed by atoms with Crippen LogP contribution in [-0.4, -0.2) is 12.6 Å². The molecule has 100 valence electrons. The van der Waals surface area contributed by atoms with Gasteiger partial charge >= 0.3 is 5.97 Å². The third kappa shape index (κ3) is 4.15. The van der Waals surface area contributed by atoms with Crippen molar-refractivity contribution < 1.29 is 14.6 Å². The first-order chi connectivity index (χ1) is 8.20. The van der Waals surface area contributed by atoms with Crippen molar-refractivity contribution >= 4 is 5.97 Å². The van der Waals surface area contributed by atoms with Crippen molar-refractivity contribution in [1.29, 1.82) is 0 Å². The van der Waals surface area contributed by atoms with Gasteiger partial charge in [-0.05, 0) is 37.3 Å². The quantitative estimate of drug-likeness (QED) is 0.605. The molecule has 1 aromatic carbocycles. The fourth-order valence-electron chi connectivity index (χ4n) is 1.80. The highest BCUT2D eigenvalue weighted by molar-refractivity contribution is 5.92. The van der Waals surface area contributed by atoms with Gasteiger partial charge in [-0.1, -0.05) is 38.5 Å². The van der Waals surface area contributed by atoms with Gasteiger partial charge in [0.05, 0.1) is 12.2 Å². The third-order valence-corrected chi connectivity index (χ3v) is 2.51. The van der Waals surface area contributed by atoms with Gasteiger partial charge in [-0.25, -0.2) is 4.79 Å². The topological polar surface area (TPSA) is 35.5 Å². The fraction of sp³-hybridized carbons (Fsp3) is 0.533. The van der Waals surface area contributed by atoms with E-state index in [1.54, 1.807) is 0 Å². The van der Waals surface area contributed by atoms with E-state index < -0.39 is 5.97 Å². The van der Waals surface area contributed by atoms with E-state index >= 15 is 0 Å². The summed E-state index contributed by atoms with van der Waals surface area (Å²) in [6.45, 7) is 12.2. The predicted octanol–water partition coefficient (Wildman–Crippen LogP) is 3.75. The number of hydrogen-bond donors (Lipinski definition) is 0. The van der Waals surface area contributed by atoms with E-state index in [9.17, 15) is 4.79 Å². The number of carbonyl (C=O) groups excluding carboxylic acids is 1. The van der Waals surface area contributed by atoms with Crippen LogP contribution in [0, 0.1) is 26.2 Å². The Morgan fingerprint density at radius 2 is 1.61 bits per heavy atom. The second kappa shape index (κ2) is 5.53. The highest BCUT2D eigenvalue weighted by atomic mass is 17.2. The summed E-state index contributed by atoms with van der Waals surface area (Å²) >= 11 is 0. The molecular formula is C15H22O3. The summed E-state index contributed by atoms with van der Waals surface area (Å²) in [7, 11) is 0. The lowest BCUT2D eigenvalue weighted by Crippen LogP contribution is -2.18. The van der Waals surface area contributed by atoms with Crippen LogP contribution in [0.4, 0.5) is 0 Å². The second-order valence-electron chi connectivity index (χ2n) is 5.97. The summed E-state index contributed by atoms with van der Waals surface area (Å²) in [6.07, 6.45) is 0. The van der Waals surface area contributed by atoms with E-state index in [2.05, 4.69) is 0 Å². The molecule has 0 bridgehead atoms. The average Bonchev–Trinajstić information content (AvgIpc) is 2.13. The zero-order valence-electron chi connectivity index (χ0n) is 12.1. The molecular weight excluding hydrogens is 228 g/mol. The van der Waals surface area contributed by atoms with Crippen LogP contribution < -0.4 is 0 Å². The molecule has 3 heteroatoms. The van der Waals surface area contributed by atoms with Gasteiger partial charge in [-0.15, -0.1) is 0 Å². The molecule has 0 aromatic heterocycles. The number of carbonyl (C=O) groups is 1. The molecule has 0 aliphatic heterocycles. The van der Waals surface area contributed by atoms with Gasteiger partial charge in [0.2, 0.25) is 0 Å². The molecule has 0 aliphatic rings. The lowest BCUT2D eigenvalue weighted by atomic mass is 9.99. The third-order valence-electron chi connectivity index (χ3n) is 2.51. The smallest absolute Gasteiger partial charge is 0.293 e. The SMILES string of the molecule is Cc1cc(C)c(C(=O)OOCC(C)(C)C)c(C)c1. The Morgan fingerprint density at radius 1 is 1.11 bits per heavy atom. The zero-order chi connectivity index (χ0) is 13.9. The molecule has 0 aliphatic carbocycles. The van der Waals surface area contributed by atoms with Crippen LogP contribution in [-0.2, 0) is 9.78 Å². The highest BCUT2D eigenvalue weighted by Crippen LogP contribution is 2.18. The number of rotatable bonds is 3. The second-order valence-corrected chi connectivity index (χ2v) is 5.97. The van der Waals surface area contributed by atoms with Crippen LogP contribution in [0.1, 0.15) is 47.8 Å². The van der Waals surface area contributed by atoms with E-state index in [1.165, 1.54) is 0 Å². The predicted molar refractivity (Wildman–Crippen MR) is 71.5 cm³/mol. The van der Waals surface area contributed by atoms with Gasteiger partial charge in [-0.3, -0.25) is 4.89 Å². The van der Waals surface area contributed by atoms with Crippen LogP contribution in [0.5, 0.6) is 0 Å². The number of hydrogen-bond acceptors (Lipinski definition) is 3. The van der Waals surface area contributed by atoms with Crippen molar-refractivity contribution in [3.05, 3.63) is 34.4 Å². The van der Waals surface area contributed by atoms with Gasteiger partial charge in [0.15, 0.2) is 0 Å². The standard InChI is InChI=1S/C15H22O3/c1-10-7-11(2)13(12(3)8-10)14(16)18-17-9-15(4,5)6/h7-8H,9H2,1-6H3. The van der Waals surface area contributed by atoms with Crippen LogP contribution >= 0.6 is 0 Å². The Labute approximate surface area is 109 Å². The molecule has 0 atom stereocenters. The van der Waals surface area contributed by atoms with Crippen LogP contribution in [0.25, 0.3) is 0 Å². The first-order valence-corrected chi connectivity index (χ1v) is 6.12. The lowest BCUT2D eigenvalue weighted by Gasteiger charge is -2.17. The summed E-state index contributed by atoms with van der Waals surface area (Å²) in [5, 5.41) is 0. The van der Waals surface area contributed by atoms with Crippen molar-refractivity contribution in [2.45, 2.75) is 41.5 Å². The summed E-state index contributed by atoms with van der Waals surface area (Å²) in [5.74, 6) is -0.422. The summed E-state index contributed by atoms with van der Waals surface area (Å²) in [5.41, 5.74) is 3.53. The Hall–Kier alpha value is -1.35. The minimum Gasteiger partial charge on any atom is -0.293 e. The van der Waals surface area contributed by atoms with Crippen molar-refractivity contribution in [3.8, 4) is 0 Å². The molecule has 0 heterocycles. The minimum absolute atomic E-state index is 0.0301. The van der Waals surface area contributed by atoms with Gasteiger partial charge in [-0.2, -0.15) is 4.89 Å². The molecule has 0 spiro atoms. The molecule has 0 saturated carbocycles. The first kappa shape index (κ1) is 14.7.